The number of hydrogen-bond donors (Lipinski definition) is 1. The third kappa shape index (κ3) is 6.59. The van der Waals surface area contributed by atoms with Crippen LogP contribution >= 0.6 is 16.1 Å². The summed E-state index contributed by atoms with van der Waals surface area (Å²) in [7, 11) is 0. The van der Waals surface area contributed by atoms with Gasteiger partial charge >= 0.3 is 23.9 Å². The molecule has 0 bridgehead atoms. The lowest BCUT2D eigenvalue weighted by Gasteiger charge is -2.43. The SMILES string of the molecule is CC(=O)OC[C@H]1OC(NBr)[C@H](OC(C)=O)[C@@H](OC(C)=O)[C@@H]1OC(C)=O. The van der Waals surface area contributed by atoms with Crippen LogP contribution in [0.1, 0.15) is 27.7 Å². The molecular weight excluding hydrogens is 406 g/mol. The monoisotopic (exact) mass is 425 g/mol. The van der Waals surface area contributed by atoms with Crippen molar-refractivity contribution in [3.8, 4) is 0 Å². The summed E-state index contributed by atoms with van der Waals surface area (Å²) in [5, 5.41) is 0. The molecular formula is C14H20BrNO9. The minimum absolute atomic E-state index is 0.261. The van der Waals surface area contributed by atoms with E-state index in [1.807, 2.05) is 0 Å². The predicted molar refractivity (Wildman–Crippen MR) is 84.0 cm³/mol. The number of rotatable bonds is 6. The number of halogens is 1. The number of ether oxygens (including phenoxy) is 5. The second-order valence-corrected chi connectivity index (χ2v) is 5.69. The molecule has 0 amide bonds. The molecule has 25 heavy (non-hydrogen) atoms. The summed E-state index contributed by atoms with van der Waals surface area (Å²) in [5.74, 6) is -2.58. The summed E-state index contributed by atoms with van der Waals surface area (Å²) in [5.41, 5.74) is 0. The van der Waals surface area contributed by atoms with Crippen molar-refractivity contribution in [3.63, 3.8) is 0 Å². The largest absolute Gasteiger partial charge is 0.463 e. The van der Waals surface area contributed by atoms with Crippen LogP contribution in [0, 0.1) is 0 Å². The van der Waals surface area contributed by atoms with Gasteiger partial charge in [0.15, 0.2) is 24.5 Å². The van der Waals surface area contributed by atoms with Gasteiger partial charge in [-0.05, 0) is 0 Å². The van der Waals surface area contributed by atoms with E-state index in [1.165, 1.54) is 13.8 Å². The Labute approximate surface area is 152 Å². The Balaban J connectivity index is 3.18. The summed E-state index contributed by atoms with van der Waals surface area (Å²) < 4.78 is 28.7. The first-order valence-corrected chi connectivity index (χ1v) is 8.11. The molecule has 0 aromatic rings. The quantitative estimate of drug-likeness (QED) is 0.352. The van der Waals surface area contributed by atoms with Crippen molar-refractivity contribution in [3.05, 3.63) is 0 Å². The van der Waals surface area contributed by atoms with Gasteiger partial charge in [-0.2, -0.15) is 0 Å². The molecule has 1 heterocycles. The van der Waals surface area contributed by atoms with Crippen LogP contribution in [0.4, 0.5) is 0 Å². The Hall–Kier alpha value is -1.72. The zero-order valence-electron chi connectivity index (χ0n) is 14.1. The van der Waals surface area contributed by atoms with E-state index < -0.39 is 54.5 Å². The van der Waals surface area contributed by atoms with Crippen LogP contribution in [-0.4, -0.2) is 61.1 Å². The summed E-state index contributed by atoms with van der Waals surface area (Å²) >= 11 is 2.99. The highest BCUT2D eigenvalue weighted by Crippen LogP contribution is 2.28. The fraction of sp³-hybridized carbons (Fsp3) is 0.714. The van der Waals surface area contributed by atoms with Gasteiger partial charge in [-0.1, -0.05) is 0 Å². The van der Waals surface area contributed by atoms with E-state index >= 15 is 0 Å². The van der Waals surface area contributed by atoms with Crippen LogP contribution in [0.15, 0.2) is 0 Å². The second kappa shape index (κ2) is 9.68. The Morgan fingerprint density at radius 3 is 1.76 bits per heavy atom. The van der Waals surface area contributed by atoms with Crippen LogP contribution in [0.3, 0.4) is 0 Å². The predicted octanol–water partition coefficient (Wildman–Crippen LogP) is -0.0310. The van der Waals surface area contributed by atoms with Gasteiger partial charge in [-0.25, -0.2) is 4.34 Å². The first-order chi connectivity index (χ1) is 11.6. The van der Waals surface area contributed by atoms with Crippen molar-refractivity contribution in [1.29, 1.82) is 0 Å². The Morgan fingerprint density at radius 1 is 0.840 bits per heavy atom. The molecule has 0 aliphatic carbocycles. The van der Waals surface area contributed by atoms with E-state index in [4.69, 9.17) is 23.7 Å². The highest BCUT2D eigenvalue weighted by Gasteiger charge is 2.51. The summed E-state index contributed by atoms with van der Waals surface area (Å²) in [4.78, 5) is 45.4. The molecule has 142 valence electrons. The van der Waals surface area contributed by atoms with Gasteiger partial charge in [-0.3, -0.25) is 19.2 Å². The molecule has 1 N–H and O–H groups in total. The molecule has 10 nitrogen and oxygen atoms in total. The molecule has 5 atom stereocenters. The van der Waals surface area contributed by atoms with Gasteiger partial charge in [-0.15, -0.1) is 0 Å². The molecule has 1 aliphatic rings. The van der Waals surface area contributed by atoms with Crippen molar-refractivity contribution in [1.82, 2.24) is 4.34 Å². The van der Waals surface area contributed by atoms with Crippen molar-refractivity contribution >= 4 is 40.0 Å². The molecule has 1 aliphatic heterocycles. The molecule has 0 aromatic carbocycles. The van der Waals surface area contributed by atoms with Gasteiger partial charge in [0.2, 0.25) is 0 Å². The molecule has 11 heteroatoms. The summed E-state index contributed by atoms with van der Waals surface area (Å²) in [6.07, 6.45) is -5.35. The number of carbonyl (C=O) groups is 4. The Morgan fingerprint density at radius 2 is 1.32 bits per heavy atom. The lowest BCUT2D eigenvalue weighted by molar-refractivity contribution is -0.253. The number of carbonyl (C=O) groups excluding carboxylic acids is 4. The Kier molecular flexibility index (Phi) is 8.26. The van der Waals surface area contributed by atoms with Gasteiger partial charge in [0.25, 0.3) is 0 Å². The molecule has 0 aromatic heterocycles. The standard InChI is InChI=1S/C14H20BrNO9/c1-6(17)21-5-10-11(22-7(2)18)12(23-8(3)19)13(24-9(4)20)14(16-15)25-10/h10-14,16H,5H2,1-4H3/t10-,11-,12+,13-,14?/m1/s1. The van der Waals surface area contributed by atoms with E-state index in [1.54, 1.807) is 0 Å². The molecule has 0 spiro atoms. The highest BCUT2D eigenvalue weighted by molar-refractivity contribution is 9.08. The van der Waals surface area contributed by atoms with Crippen LogP contribution in [-0.2, 0) is 42.9 Å². The lowest BCUT2D eigenvalue weighted by Crippen LogP contribution is -2.64. The van der Waals surface area contributed by atoms with E-state index in [2.05, 4.69) is 20.5 Å². The third-order valence-electron chi connectivity index (χ3n) is 3.10. The molecule has 1 fully saturated rings. The fourth-order valence-corrected chi connectivity index (χ4v) is 2.68. The van der Waals surface area contributed by atoms with E-state index in [9.17, 15) is 19.2 Å². The normalized spacial score (nSPS) is 28.6. The Bertz CT molecular complexity index is 526. The molecule has 1 saturated heterocycles. The van der Waals surface area contributed by atoms with Crippen molar-refractivity contribution in [2.45, 2.75) is 58.3 Å². The first-order valence-electron chi connectivity index (χ1n) is 7.32. The average molecular weight is 426 g/mol. The van der Waals surface area contributed by atoms with Gasteiger partial charge in [0.05, 0.1) is 0 Å². The van der Waals surface area contributed by atoms with Crippen molar-refractivity contribution < 1.29 is 42.9 Å². The van der Waals surface area contributed by atoms with Crippen molar-refractivity contribution in [2.24, 2.45) is 0 Å². The van der Waals surface area contributed by atoms with Crippen molar-refractivity contribution in [2.75, 3.05) is 6.61 Å². The first kappa shape index (κ1) is 21.3. The molecule has 0 radical (unpaired) electrons. The number of esters is 4. The van der Waals surface area contributed by atoms with Gasteiger partial charge in [0, 0.05) is 43.8 Å². The minimum Gasteiger partial charge on any atom is -0.463 e. The molecule has 1 rings (SSSR count). The van der Waals surface area contributed by atoms with E-state index in [0.717, 1.165) is 13.8 Å². The number of nitrogens with one attached hydrogen (secondary N) is 1. The van der Waals surface area contributed by atoms with Gasteiger partial charge < -0.3 is 23.7 Å². The number of hydrogen-bond acceptors (Lipinski definition) is 10. The zero-order valence-corrected chi connectivity index (χ0v) is 15.7. The smallest absolute Gasteiger partial charge is 0.303 e. The van der Waals surface area contributed by atoms with Crippen LogP contribution in [0.2, 0.25) is 0 Å². The second-order valence-electron chi connectivity index (χ2n) is 5.23. The maximum Gasteiger partial charge on any atom is 0.303 e. The lowest BCUT2D eigenvalue weighted by atomic mass is 9.97. The van der Waals surface area contributed by atoms with Crippen LogP contribution in [0.5, 0.6) is 0 Å². The minimum atomic E-state index is -1.17. The molecule has 0 saturated carbocycles. The van der Waals surface area contributed by atoms with Crippen LogP contribution in [0.25, 0.3) is 0 Å². The maximum absolute atomic E-state index is 11.5. The molecule has 1 unspecified atom stereocenters. The van der Waals surface area contributed by atoms with Gasteiger partial charge in [0.1, 0.15) is 12.7 Å². The topological polar surface area (TPSA) is 126 Å². The maximum atomic E-state index is 11.5. The van der Waals surface area contributed by atoms with E-state index in [-0.39, 0.29) is 6.61 Å². The average Bonchev–Trinajstić information content (AvgIpc) is 2.48. The summed E-state index contributed by atoms with van der Waals surface area (Å²) in [6, 6.07) is 0. The van der Waals surface area contributed by atoms with Crippen LogP contribution < -0.4 is 4.34 Å². The summed E-state index contributed by atoms with van der Waals surface area (Å²) in [6.45, 7) is 4.42. The fourth-order valence-electron chi connectivity index (χ4n) is 2.32. The third-order valence-corrected chi connectivity index (χ3v) is 3.55. The highest BCUT2D eigenvalue weighted by atomic mass is 79.9. The van der Waals surface area contributed by atoms with E-state index in [0.29, 0.717) is 0 Å². The zero-order chi connectivity index (χ0) is 19.1.